The summed E-state index contributed by atoms with van der Waals surface area (Å²) in [7, 11) is -3.68. The Bertz CT molecular complexity index is 953. The highest BCUT2D eigenvalue weighted by molar-refractivity contribution is 7.89. The van der Waals surface area contributed by atoms with E-state index in [0.717, 1.165) is 5.56 Å². The van der Waals surface area contributed by atoms with Crippen molar-refractivity contribution in [3.8, 4) is 11.3 Å². The molecule has 0 unspecified atom stereocenters. The van der Waals surface area contributed by atoms with Crippen LogP contribution in [0.4, 0.5) is 0 Å². The van der Waals surface area contributed by atoms with Crippen LogP contribution in [0.3, 0.4) is 0 Å². The Kier molecular flexibility index (Phi) is 4.71. The highest BCUT2D eigenvalue weighted by Gasteiger charge is 2.17. The molecule has 0 spiro atoms. The van der Waals surface area contributed by atoms with Gasteiger partial charge in [0.05, 0.1) is 11.4 Å². The molecule has 3 aromatic rings. The molecule has 1 N–H and O–H groups in total. The van der Waals surface area contributed by atoms with Gasteiger partial charge < -0.3 is 4.42 Å². The Morgan fingerprint density at radius 1 is 1.12 bits per heavy atom. The number of nitrogens with one attached hydrogen (secondary N) is 1. The zero-order valence-electron chi connectivity index (χ0n) is 12.9. The number of halogens is 1. The first-order chi connectivity index (χ1) is 11.5. The van der Waals surface area contributed by atoms with Crippen molar-refractivity contribution in [3.05, 3.63) is 71.3 Å². The largest absolute Gasteiger partial charge is 0.444 e. The molecule has 0 atom stereocenters. The SMILES string of the molecule is Cc1oc(CNS(=O)(=O)c2cccc(Cl)c2)nc1-c1ccccc1. The predicted octanol–water partition coefficient (Wildman–Crippen LogP) is 3.78. The third-order valence-electron chi connectivity index (χ3n) is 3.41. The molecule has 7 heteroatoms. The molecule has 1 heterocycles. The van der Waals surface area contributed by atoms with Crippen molar-refractivity contribution < 1.29 is 12.8 Å². The molecule has 0 aliphatic carbocycles. The lowest BCUT2D eigenvalue weighted by Gasteiger charge is -2.05. The van der Waals surface area contributed by atoms with Crippen LogP contribution in [0.15, 0.2) is 63.9 Å². The van der Waals surface area contributed by atoms with Crippen molar-refractivity contribution in [2.24, 2.45) is 0 Å². The van der Waals surface area contributed by atoms with E-state index in [0.29, 0.717) is 22.4 Å². The van der Waals surface area contributed by atoms with Gasteiger partial charge in [-0.05, 0) is 25.1 Å². The molecule has 0 aliphatic rings. The Balaban J connectivity index is 1.78. The molecule has 3 rings (SSSR count). The lowest BCUT2D eigenvalue weighted by Crippen LogP contribution is -2.23. The molecule has 2 aromatic carbocycles. The van der Waals surface area contributed by atoms with Gasteiger partial charge in [0, 0.05) is 10.6 Å². The van der Waals surface area contributed by atoms with E-state index < -0.39 is 10.0 Å². The quantitative estimate of drug-likeness (QED) is 0.749. The second-order valence-corrected chi connectivity index (χ2v) is 7.36. The fourth-order valence-corrected chi connectivity index (χ4v) is 3.54. The summed E-state index contributed by atoms with van der Waals surface area (Å²) in [6, 6.07) is 15.6. The summed E-state index contributed by atoms with van der Waals surface area (Å²) in [4.78, 5) is 4.47. The predicted molar refractivity (Wildman–Crippen MR) is 92.2 cm³/mol. The minimum absolute atomic E-state index is 0.0392. The fraction of sp³-hybridized carbons (Fsp3) is 0.118. The molecule has 0 saturated carbocycles. The van der Waals surface area contributed by atoms with Gasteiger partial charge in [0.25, 0.3) is 0 Å². The Hall–Kier alpha value is -2.15. The molecule has 0 amide bonds. The number of benzene rings is 2. The third-order valence-corrected chi connectivity index (χ3v) is 5.04. The molecule has 24 heavy (non-hydrogen) atoms. The average Bonchev–Trinajstić information content (AvgIpc) is 2.95. The number of hydrogen-bond donors (Lipinski definition) is 1. The maximum Gasteiger partial charge on any atom is 0.241 e. The smallest absolute Gasteiger partial charge is 0.241 e. The Labute approximate surface area is 145 Å². The van der Waals surface area contributed by atoms with E-state index in [1.807, 2.05) is 30.3 Å². The van der Waals surface area contributed by atoms with Crippen LogP contribution in [0.25, 0.3) is 11.3 Å². The molecule has 0 aliphatic heterocycles. The molecule has 0 saturated heterocycles. The highest BCUT2D eigenvalue weighted by atomic mass is 35.5. The molecule has 1 aromatic heterocycles. The number of rotatable bonds is 5. The van der Waals surface area contributed by atoms with E-state index in [-0.39, 0.29) is 11.4 Å². The molecular formula is C17H15ClN2O3S. The topological polar surface area (TPSA) is 72.2 Å². The van der Waals surface area contributed by atoms with Gasteiger partial charge >= 0.3 is 0 Å². The van der Waals surface area contributed by atoms with E-state index in [4.69, 9.17) is 16.0 Å². The Morgan fingerprint density at radius 2 is 1.88 bits per heavy atom. The van der Waals surface area contributed by atoms with Crippen molar-refractivity contribution in [1.29, 1.82) is 0 Å². The van der Waals surface area contributed by atoms with Crippen LogP contribution in [0.2, 0.25) is 5.02 Å². The van der Waals surface area contributed by atoms with Gasteiger partial charge in [-0.25, -0.2) is 18.1 Å². The first-order valence-corrected chi connectivity index (χ1v) is 9.09. The molecule has 0 fully saturated rings. The van der Waals surface area contributed by atoms with Crippen LogP contribution in [0.5, 0.6) is 0 Å². The second kappa shape index (κ2) is 6.76. The van der Waals surface area contributed by atoms with Gasteiger partial charge in [-0.3, -0.25) is 0 Å². The van der Waals surface area contributed by atoms with Crippen LogP contribution in [0.1, 0.15) is 11.7 Å². The maximum atomic E-state index is 12.3. The first kappa shape index (κ1) is 16.7. The van der Waals surface area contributed by atoms with Gasteiger partial charge in [-0.1, -0.05) is 48.0 Å². The lowest BCUT2D eigenvalue weighted by atomic mass is 10.1. The number of oxazole rings is 1. The van der Waals surface area contributed by atoms with E-state index in [2.05, 4.69) is 9.71 Å². The maximum absolute atomic E-state index is 12.3. The second-order valence-electron chi connectivity index (χ2n) is 5.16. The van der Waals surface area contributed by atoms with Crippen molar-refractivity contribution in [2.45, 2.75) is 18.4 Å². The van der Waals surface area contributed by atoms with Crippen molar-refractivity contribution >= 4 is 21.6 Å². The normalized spacial score (nSPS) is 11.6. The number of aromatic nitrogens is 1. The summed E-state index contributed by atoms with van der Waals surface area (Å²) in [5, 5.41) is 0.358. The fourth-order valence-electron chi connectivity index (χ4n) is 2.26. The van der Waals surface area contributed by atoms with Crippen molar-refractivity contribution in [2.75, 3.05) is 0 Å². The lowest BCUT2D eigenvalue weighted by molar-refractivity contribution is 0.463. The minimum Gasteiger partial charge on any atom is -0.444 e. The monoisotopic (exact) mass is 362 g/mol. The van der Waals surface area contributed by atoms with Crippen molar-refractivity contribution in [3.63, 3.8) is 0 Å². The van der Waals surface area contributed by atoms with Crippen LogP contribution in [-0.4, -0.2) is 13.4 Å². The molecule has 124 valence electrons. The van der Waals surface area contributed by atoms with E-state index in [1.54, 1.807) is 19.1 Å². The summed E-state index contributed by atoms with van der Waals surface area (Å²) in [6.07, 6.45) is 0. The zero-order chi connectivity index (χ0) is 17.2. The molecular weight excluding hydrogens is 348 g/mol. The average molecular weight is 363 g/mol. The standard InChI is InChI=1S/C17H15ClN2O3S/c1-12-17(13-6-3-2-4-7-13)20-16(23-12)11-19-24(21,22)15-9-5-8-14(18)10-15/h2-10,19H,11H2,1H3. The number of hydrogen-bond acceptors (Lipinski definition) is 4. The summed E-state index contributed by atoms with van der Waals surface area (Å²) in [6.45, 7) is 1.76. The summed E-state index contributed by atoms with van der Waals surface area (Å²) in [5.74, 6) is 0.940. The number of aryl methyl sites for hydroxylation is 1. The van der Waals surface area contributed by atoms with E-state index >= 15 is 0 Å². The molecule has 0 radical (unpaired) electrons. The summed E-state index contributed by atoms with van der Waals surface area (Å²) < 4.78 is 32.6. The van der Waals surface area contributed by atoms with Gasteiger partial charge in [-0.2, -0.15) is 0 Å². The van der Waals surface area contributed by atoms with Crippen LogP contribution < -0.4 is 4.72 Å². The van der Waals surface area contributed by atoms with Gasteiger partial charge in [0.2, 0.25) is 15.9 Å². The van der Waals surface area contributed by atoms with Gasteiger partial charge in [0.1, 0.15) is 11.5 Å². The summed E-state index contributed by atoms with van der Waals surface area (Å²) in [5.41, 5.74) is 1.62. The minimum atomic E-state index is -3.68. The summed E-state index contributed by atoms with van der Waals surface area (Å²) >= 11 is 5.84. The highest BCUT2D eigenvalue weighted by Crippen LogP contribution is 2.23. The van der Waals surface area contributed by atoms with E-state index in [9.17, 15) is 8.42 Å². The van der Waals surface area contributed by atoms with Crippen LogP contribution in [0, 0.1) is 6.92 Å². The van der Waals surface area contributed by atoms with Crippen LogP contribution in [-0.2, 0) is 16.6 Å². The van der Waals surface area contributed by atoms with Gasteiger partial charge in [-0.15, -0.1) is 0 Å². The van der Waals surface area contributed by atoms with Crippen molar-refractivity contribution in [1.82, 2.24) is 9.71 Å². The van der Waals surface area contributed by atoms with E-state index in [1.165, 1.54) is 12.1 Å². The van der Waals surface area contributed by atoms with Gasteiger partial charge in [0.15, 0.2) is 0 Å². The molecule has 0 bridgehead atoms. The number of nitrogens with zero attached hydrogens (tertiary/aromatic N) is 1. The first-order valence-electron chi connectivity index (χ1n) is 7.23. The zero-order valence-corrected chi connectivity index (χ0v) is 14.4. The van der Waals surface area contributed by atoms with Crippen LogP contribution >= 0.6 is 11.6 Å². The number of sulfonamides is 1. The third kappa shape index (κ3) is 3.67. The Morgan fingerprint density at radius 3 is 2.58 bits per heavy atom. The molecule has 5 nitrogen and oxygen atoms in total.